The van der Waals surface area contributed by atoms with E-state index in [1.807, 2.05) is 17.5 Å². The Kier molecular flexibility index (Phi) is 2.96. The molecule has 3 rings (SSSR count). The lowest BCUT2D eigenvalue weighted by atomic mass is 10.4. The number of carbonyl (C=O) groups excluding carboxylic acids is 1. The minimum absolute atomic E-state index is 0.302. The molecule has 5 nitrogen and oxygen atoms in total. The van der Waals surface area contributed by atoms with Crippen LogP contribution in [0.15, 0.2) is 30.7 Å². The summed E-state index contributed by atoms with van der Waals surface area (Å²) < 4.78 is 1.83. The summed E-state index contributed by atoms with van der Waals surface area (Å²) in [5, 5.41) is 3.18. The van der Waals surface area contributed by atoms with Crippen LogP contribution in [-0.2, 0) is 0 Å². The monoisotopic (exact) mass is 292 g/mol. The molecule has 0 aliphatic heterocycles. The third-order valence-electron chi connectivity index (χ3n) is 2.47. The fraction of sp³-hybridized carbons (Fsp3) is 0.0833. The fourth-order valence-corrected chi connectivity index (χ4v) is 2.64. The molecule has 0 aliphatic carbocycles. The lowest BCUT2D eigenvalue weighted by Crippen LogP contribution is -2.13. The molecule has 1 N–H and O–H groups in total. The first kappa shape index (κ1) is 12.1. The van der Waals surface area contributed by atoms with Gasteiger partial charge in [-0.3, -0.25) is 9.20 Å². The van der Waals surface area contributed by atoms with Crippen molar-refractivity contribution >= 4 is 39.6 Å². The normalized spacial score (nSPS) is 10.8. The number of thiazole rings is 1. The van der Waals surface area contributed by atoms with Crippen LogP contribution in [0.25, 0.3) is 4.96 Å². The minimum Gasteiger partial charge on any atom is -0.305 e. The Bertz CT molecular complexity index is 733. The van der Waals surface area contributed by atoms with Gasteiger partial charge in [0.15, 0.2) is 4.96 Å². The van der Waals surface area contributed by atoms with Gasteiger partial charge in [0.05, 0.1) is 0 Å². The van der Waals surface area contributed by atoms with Crippen molar-refractivity contribution in [3.05, 3.63) is 46.3 Å². The maximum absolute atomic E-state index is 12.0. The molecular formula is C12H9ClN4OS. The smallest absolute Gasteiger partial charge is 0.277 e. The van der Waals surface area contributed by atoms with Crippen molar-refractivity contribution in [2.45, 2.75) is 6.92 Å². The number of hydrogen-bond acceptors (Lipinski definition) is 4. The fourth-order valence-electron chi connectivity index (χ4n) is 1.67. The molecule has 0 atom stereocenters. The van der Waals surface area contributed by atoms with E-state index in [0.717, 1.165) is 9.84 Å². The Labute approximate surface area is 117 Å². The van der Waals surface area contributed by atoms with Crippen molar-refractivity contribution in [1.82, 2.24) is 14.4 Å². The van der Waals surface area contributed by atoms with Gasteiger partial charge in [-0.05, 0) is 19.1 Å². The number of amides is 1. The van der Waals surface area contributed by atoms with E-state index < -0.39 is 0 Å². The maximum atomic E-state index is 12.0. The van der Waals surface area contributed by atoms with Crippen LogP contribution in [0.2, 0.25) is 5.02 Å². The molecule has 19 heavy (non-hydrogen) atoms. The third-order valence-corrected chi connectivity index (χ3v) is 3.61. The van der Waals surface area contributed by atoms with Crippen LogP contribution in [0.3, 0.4) is 0 Å². The highest BCUT2D eigenvalue weighted by Gasteiger charge is 2.13. The van der Waals surface area contributed by atoms with E-state index in [4.69, 9.17) is 11.6 Å². The van der Waals surface area contributed by atoms with Gasteiger partial charge in [0.1, 0.15) is 11.5 Å². The molecule has 0 aromatic carbocycles. The summed E-state index contributed by atoms with van der Waals surface area (Å²) in [6, 6.07) is 3.23. The number of pyridine rings is 1. The molecule has 3 heterocycles. The average molecular weight is 293 g/mol. The van der Waals surface area contributed by atoms with Crippen molar-refractivity contribution in [3.63, 3.8) is 0 Å². The number of aryl methyl sites for hydroxylation is 1. The van der Waals surface area contributed by atoms with E-state index in [0.29, 0.717) is 16.5 Å². The highest BCUT2D eigenvalue weighted by atomic mass is 35.5. The molecule has 1 amide bonds. The van der Waals surface area contributed by atoms with Gasteiger partial charge in [-0.1, -0.05) is 11.6 Å². The highest BCUT2D eigenvalue weighted by molar-refractivity contribution is 7.17. The lowest BCUT2D eigenvalue weighted by Gasteiger charge is -2.01. The Morgan fingerprint density at radius 2 is 2.32 bits per heavy atom. The van der Waals surface area contributed by atoms with Crippen molar-refractivity contribution in [2.75, 3.05) is 5.32 Å². The van der Waals surface area contributed by atoms with Crippen LogP contribution >= 0.6 is 22.9 Å². The quantitative estimate of drug-likeness (QED) is 0.790. The van der Waals surface area contributed by atoms with E-state index in [1.165, 1.54) is 17.5 Å². The first-order chi connectivity index (χ1) is 9.11. The number of halogens is 1. The summed E-state index contributed by atoms with van der Waals surface area (Å²) >= 11 is 7.36. The van der Waals surface area contributed by atoms with Crippen molar-refractivity contribution < 1.29 is 4.79 Å². The molecule has 0 bridgehead atoms. The summed E-state index contributed by atoms with van der Waals surface area (Å²) in [7, 11) is 0. The number of anilines is 1. The van der Waals surface area contributed by atoms with Gasteiger partial charge in [0, 0.05) is 28.5 Å². The summed E-state index contributed by atoms with van der Waals surface area (Å²) in [6.07, 6.45) is 5.16. The lowest BCUT2D eigenvalue weighted by molar-refractivity contribution is 0.102. The molecule has 3 aromatic rings. The predicted octanol–water partition coefficient (Wildman–Crippen LogP) is 3.00. The molecule has 0 unspecified atom stereocenters. The number of carbonyl (C=O) groups is 1. The second-order valence-electron chi connectivity index (χ2n) is 3.97. The molecule has 0 aliphatic rings. The van der Waals surface area contributed by atoms with Gasteiger partial charge in [-0.2, -0.15) is 0 Å². The minimum atomic E-state index is -0.302. The molecular weight excluding hydrogens is 284 g/mol. The first-order valence-corrected chi connectivity index (χ1v) is 6.69. The zero-order chi connectivity index (χ0) is 13.4. The number of aromatic nitrogens is 3. The summed E-state index contributed by atoms with van der Waals surface area (Å²) in [5.74, 6) is 0.105. The van der Waals surface area contributed by atoms with E-state index in [2.05, 4.69) is 15.3 Å². The van der Waals surface area contributed by atoms with Crippen LogP contribution < -0.4 is 5.32 Å². The molecule has 0 spiro atoms. The maximum Gasteiger partial charge on any atom is 0.277 e. The molecule has 7 heteroatoms. The van der Waals surface area contributed by atoms with Crippen molar-refractivity contribution in [1.29, 1.82) is 0 Å². The van der Waals surface area contributed by atoms with Gasteiger partial charge >= 0.3 is 0 Å². The SMILES string of the molecule is Cc1cn2cc(C(=O)Nc3cc(Cl)ccn3)nc2s1. The molecule has 0 saturated carbocycles. The van der Waals surface area contributed by atoms with Crippen LogP contribution in [0.1, 0.15) is 15.4 Å². The molecule has 0 fully saturated rings. The zero-order valence-corrected chi connectivity index (χ0v) is 11.5. The Morgan fingerprint density at radius 3 is 3.05 bits per heavy atom. The third kappa shape index (κ3) is 2.45. The summed E-state index contributed by atoms with van der Waals surface area (Å²) in [5.41, 5.74) is 0.355. The number of nitrogens with zero attached hydrogens (tertiary/aromatic N) is 3. The standard InChI is InChI=1S/C12H9ClN4OS/c1-7-5-17-6-9(15-12(17)19-7)11(18)16-10-4-8(13)2-3-14-10/h2-6H,1H3,(H,14,16,18). The second-order valence-corrected chi connectivity index (χ2v) is 5.62. The number of imidazole rings is 1. The zero-order valence-electron chi connectivity index (χ0n) is 9.92. The number of nitrogens with one attached hydrogen (secondary N) is 1. The van der Waals surface area contributed by atoms with Crippen LogP contribution in [0.5, 0.6) is 0 Å². The molecule has 0 saturated heterocycles. The topological polar surface area (TPSA) is 59.3 Å². The predicted molar refractivity (Wildman–Crippen MR) is 75.0 cm³/mol. The van der Waals surface area contributed by atoms with Gasteiger partial charge < -0.3 is 5.32 Å². The van der Waals surface area contributed by atoms with E-state index >= 15 is 0 Å². The largest absolute Gasteiger partial charge is 0.305 e. The van der Waals surface area contributed by atoms with Gasteiger partial charge in [0.2, 0.25) is 0 Å². The van der Waals surface area contributed by atoms with E-state index in [1.54, 1.807) is 18.3 Å². The van der Waals surface area contributed by atoms with Crippen LogP contribution in [0, 0.1) is 6.92 Å². The molecule has 0 radical (unpaired) electrons. The van der Waals surface area contributed by atoms with E-state index in [9.17, 15) is 4.79 Å². The molecule has 3 aromatic heterocycles. The van der Waals surface area contributed by atoms with Gasteiger partial charge in [0.25, 0.3) is 5.91 Å². The number of fused-ring (bicyclic) bond motifs is 1. The number of rotatable bonds is 2. The first-order valence-electron chi connectivity index (χ1n) is 5.50. The summed E-state index contributed by atoms with van der Waals surface area (Å²) in [4.78, 5) is 22.2. The van der Waals surface area contributed by atoms with Crippen LogP contribution in [0.4, 0.5) is 5.82 Å². The van der Waals surface area contributed by atoms with Crippen molar-refractivity contribution in [2.24, 2.45) is 0 Å². The van der Waals surface area contributed by atoms with Crippen molar-refractivity contribution in [3.8, 4) is 0 Å². The Hall–Kier alpha value is -1.92. The average Bonchev–Trinajstić information content (AvgIpc) is 2.86. The number of hydrogen-bond donors (Lipinski definition) is 1. The summed E-state index contributed by atoms with van der Waals surface area (Å²) in [6.45, 7) is 2.00. The Balaban J connectivity index is 1.85. The molecule has 96 valence electrons. The highest BCUT2D eigenvalue weighted by Crippen LogP contribution is 2.17. The van der Waals surface area contributed by atoms with Crippen LogP contribution in [-0.4, -0.2) is 20.3 Å². The van der Waals surface area contributed by atoms with E-state index in [-0.39, 0.29) is 5.91 Å². The van der Waals surface area contributed by atoms with Gasteiger partial charge in [-0.15, -0.1) is 11.3 Å². The Morgan fingerprint density at radius 1 is 1.47 bits per heavy atom. The van der Waals surface area contributed by atoms with Gasteiger partial charge in [-0.25, -0.2) is 9.97 Å². The second kappa shape index (κ2) is 4.64.